The van der Waals surface area contributed by atoms with Gasteiger partial charge in [0.15, 0.2) is 0 Å². The molecule has 118 valence electrons. The molecule has 24 heavy (non-hydrogen) atoms. The Morgan fingerprint density at radius 3 is 2.54 bits per heavy atom. The van der Waals surface area contributed by atoms with Gasteiger partial charge < -0.3 is 4.90 Å². The second-order valence-electron chi connectivity index (χ2n) is 5.63. The van der Waals surface area contributed by atoms with Crippen LogP contribution in [0, 0.1) is 0 Å². The summed E-state index contributed by atoms with van der Waals surface area (Å²) in [5.74, 6) is -0.0972. The van der Waals surface area contributed by atoms with Crippen LogP contribution in [0.4, 0.5) is 0 Å². The number of thiazole rings is 1. The highest BCUT2D eigenvalue weighted by atomic mass is 32.1. The Bertz CT molecular complexity index is 1010. The minimum absolute atomic E-state index is 0.0972. The molecule has 4 rings (SSSR count). The lowest BCUT2D eigenvalue weighted by atomic mass is 10.2. The summed E-state index contributed by atoms with van der Waals surface area (Å²) in [5.41, 5.74) is 2.26. The largest absolute Gasteiger partial charge is 0.334 e. The first-order valence-electron chi connectivity index (χ1n) is 7.66. The first kappa shape index (κ1) is 14.8. The molecule has 2 heterocycles. The molecule has 2 aromatic heterocycles. The Morgan fingerprint density at radius 2 is 1.71 bits per heavy atom. The van der Waals surface area contributed by atoms with Crippen molar-refractivity contribution in [3.05, 3.63) is 71.4 Å². The topological polar surface area (TPSA) is 46.1 Å². The quantitative estimate of drug-likeness (QED) is 0.567. The van der Waals surface area contributed by atoms with Crippen LogP contribution >= 0.6 is 11.3 Å². The number of benzene rings is 2. The van der Waals surface area contributed by atoms with E-state index in [1.165, 1.54) is 0 Å². The fraction of sp³-hybridized carbons (Fsp3) is 0.105. The molecule has 0 aliphatic carbocycles. The van der Waals surface area contributed by atoms with Crippen molar-refractivity contribution in [2.24, 2.45) is 0 Å². The van der Waals surface area contributed by atoms with Crippen molar-refractivity contribution >= 4 is 38.4 Å². The predicted octanol–water partition coefficient (Wildman–Crippen LogP) is 4.12. The third kappa shape index (κ3) is 2.74. The van der Waals surface area contributed by atoms with Crippen LogP contribution in [0.15, 0.2) is 60.7 Å². The molecule has 0 saturated heterocycles. The van der Waals surface area contributed by atoms with Gasteiger partial charge in [0.25, 0.3) is 5.91 Å². The zero-order chi connectivity index (χ0) is 16.5. The van der Waals surface area contributed by atoms with Gasteiger partial charge >= 0.3 is 0 Å². The van der Waals surface area contributed by atoms with Crippen molar-refractivity contribution in [1.29, 1.82) is 0 Å². The Labute approximate surface area is 143 Å². The van der Waals surface area contributed by atoms with Crippen molar-refractivity contribution in [3.8, 4) is 0 Å². The van der Waals surface area contributed by atoms with E-state index in [2.05, 4.69) is 9.97 Å². The second-order valence-corrected chi connectivity index (χ2v) is 6.74. The molecule has 0 radical (unpaired) electrons. The van der Waals surface area contributed by atoms with Crippen molar-refractivity contribution in [1.82, 2.24) is 14.9 Å². The minimum atomic E-state index is -0.0972. The molecule has 0 bridgehead atoms. The fourth-order valence-electron chi connectivity index (χ4n) is 2.64. The maximum absolute atomic E-state index is 12.6. The molecule has 5 heteroatoms. The van der Waals surface area contributed by atoms with E-state index in [9.17, 15) is 4.79 Å². The van der Waals surface area contributed by atoms with E-state index in [1.54, 1.807) is 29.4 Å². The van der Waals surface area contributed by atoms with Crippen LogP contribution < -0.4 is 0 Å². The number of hydrogen-bond donors (Lipinski definition) is 0. The zero-order valence-electron chi connectivity index (χ0n) is 13.1. The number of rotatable bonds is 3. The number of aromatic nitrogens is 2. The molecule has 0 atom stereocenters. The van der Waals surface area contributed by atoms with Crippen molar-refractivity contribution in [3.63, 3.8) is 0 Å². The maximum Gasteiger partial charge on any atom is 0.272 e. The van der Waals surface area contributed by atoms with Gasteiger partial charge in [-0.3, -0.25) is 4.79 Å². The first-order valence-corrected chi connectivity index (χ1v) is 8.48. The molecular weight excluding hydrogens is 318 g/mol. The number of pyridine rings is 1. The summed E-state index contributed by atoms with van der Waals surface area (Å²) in [6.45, 7) is 0.479. The van der Waals surface area contributed by atoms with E-state index in [4.69, 9.17) is 0 Å². The molecule has 1 amide bonds. The molecule has 4 nitrogen and oxygen atoms in total. The average molecular weight is 333 g/mol. The van der Waals surface area contributed by atoms with Crippen LogP contribution in [0.5, 0.6) is 0 Å². The highest BCUT2D eigenvalue weighted by Crippen LogP contribution is 2.23. The number of carbonyl (C=O) groups excluding carboxylic acids is 1. The summed E-state index contributed by atoms with van der Waals surface area (Å²) in [7, 11) is 1.78. The van der Waals surface area contributed by atoms with E-state index in [-0.39, 0.29) is 5.91 Å². The van der Waals surface area contributed by atoms with Crippen LogP contribution in [0.3, 0.4) is 0 Å². The monoisotopic (exact) mass is 333 g/mol. The fourth-order valence-corrected chi connectivity index (χ4v) is 3.66. The predicted molar refractivity (Wildman–Crippen MR) is 97.2 cm³/mol. The Balaban J connectivity index is 1.58. The summed E-state index contributed by atoms with van der Waals surface area (Å²) < 4.78 is 1.14. The molecule has 0 spiro atoms. The standard InChI is InChI=1S/C19H15N3OS/c1-22(12-18-21-15-8-4-5-9-17(15)24-18)19(23)16-11-10-13-6-2-3-7-14(13)20-16/h2-11H,12H2,1H3. The van der Waals surface area contributed by atoms with Crippen LogP contribution in [-0.2, 0) is 6.54 Å². The van der Waals surface area contributed by atoms with Crippen LogP contribution in [0.25, 0.3) is 21.1 Å². The molecule has 0 N–H and O–H groups in total. The van der Waals surface area contributed by atoms with Gasteiger partial charge in [-0.1, -0.05) is 36.4 Å². The minimum Gasteiger partial charge on any atom is -0.334 e. The van der Waals surface area contributed by atoms with Gasteiger partial charge in [0.1, 0.15) is 10.7 Å². The van der Waals surface area contributed by atoms with Gasteiger partial charge in [0.2, 0.25) is 0 Å². The lowest BCUT2D eigenvalue weighted by molar-refractivity contribution is 0.0779. The smallest absolute Gasteiger partial charge is 0.272 e. The number of para-hydroxylation sites is 2. The highest BCUT2D eigenvalue weighted by molar-refractivity contribution is 7.18. The number of fused-ring (bicyclic) bond motifs is 2. The third-order valence-electron chi connectivity index (χ3n) is 3.87. The normalized spacial score (nSPS) is 11.0. The SMILES string of the molecule is CN(Cc1nc2ccccc2s1)C(=O)c1ccc2ccccc2n1. The van der Waals surface area contributed by atoms with Crippen LogP contribution in [0.2, 0.25) is 0 Å². The third-order valence-corrected chi connectivity index (χ3v) is 4.90. The lowest BCUT2D eigenvalue weighted by Gasteiger charge is -2.15. The maximum atomic E-state index is 12.6. The van der Waals surface area contributed by atoms with Gasteiger partial charge in [-0.05, 0) is 24.3 Å². The molecule has 2 aromatic carbocycles. The number of nitrogens with zero attached hydrogens (tertiary/aromatic N) is 3. The molecule has 0 unspecified atom stereocenters. The average Bonchev–Trinajstić information content (AvgIpc) is 3.02. The highest BCUT2D eigenvalue weighted by Gasteiger charge is 2.15. The van der Waals surface area contributed by atoms with Crippen molar-refractivity contribution in [2.45, 2.75) is 6.54 Å². The Kier molecular flexibility index (Phi) is 3.70. The van der Waals surface area contributed by atoms with Gasteiger partial charge in [-0.25, -0.2) is 9.97 Å². The summed E-state index contributed by atoms with van der Waals surface area (Å²) >= 11 is 1.62. The summed E-state index contributed by atoms with van der Waals surface area (Å²) in [5, 5.41) is 1.95. The van der Waals surface area contributed by atoms with E-state index < -0.39 is 0 Å². The van der Waals surface area contributed by atoms with E-state index >= 15 is 0 Å². The number of amides is 1. The molecule has 0 aliphatic rings. The van der Waals surface area contributed by atoms with Crippen molar-refractivity contribution < 1.29 is 4.79 Å². The molecule has 0 fully saturated rings. The van der Waals surface area contributed by atoms with Crippen molar-refractivity contribution in [2.75, 3.05) is 7.05 Å². The lowest BCUT2D eigenvalue weighted by Crippen LogP contribution is -2.26. The molecule has 4 aromatic rings. The van der Waals surface area contributed by atoms with Gasteiger partial charge in [0.05, 0.1) is 22.3 Å². The number of carbonyl (C=O) groups is 1. The second kappa shape index (κ2) is 6.02. The molecular formula is C19H15N3OS. The number of hydrogen-bond acceptors (Lipinski definition) is 4. The van der Waals surface area contributed by atoms with Crippen LogP contribution in [0.1, 0.15) is 15.5 Å². The summed E-state index contributed by atoms with van der Waals surface area (Å²) in [6, 6.07) is 19.5. The van der Waals surface area contributed by atoms with E-state index in [1.807, 2.05) is 54.6 Å². The van der Waals surface area contributed by atoms with Gasteiger partial charge in [-0.2, -0.15) is 0 Å². The summed E-state index contributed by atoms with van der Waals surface area (Å²) in [4.78, 5) is 23.4. The van der Waals surface area contributed by atoms with E-state index in [0.29, 0.717) is 12.2 Å². The van der Waals surface area contributed by atoms with Crippen LogP contribution in [-0.4, -0.2) is 27.8 Å². The van der Waals surface area contributed by atoms with E-state index in [0.717, 1.165) is 26.1 Å². The first-order chi connectivity index (χ1) is 11.7. The van der Waals surface area contributed by atoms with Gasteiger partial charge in [-0.15, -0.1) is 11.3 Å². The zero-order valence-corrected chi connectivity index (χ0v) is 14.0. The molecule has 0 aliphatic heterocycles. The summed E-state index contributed by atoms with van der Waals surface area (Å²) in [6.07, 6.45) is 0. The van der Waals surface area contributed by atoms with Gasteiger partial charge in [0, 0.05) is 12.4 Å². The Hall–Kier alpha value is -2.79. The Morgan fingerprint density at radius 1 is 0.958 bits per heavy atom. The molecule has 0 saturated carbocycles.